The molecule has 2 nitrogen and oxygen atoms in total. The normalized spacial score (nSPS) is 12.9. The zero-order valence-corrected chi connectivity index (χ0v) is 5.39. The quantitative estimate of drug-likeness (QED) is 0.481. The van der Waals surface area contributed by atoms with Crippen molar-refractivity contribution in [2.45, 2.75) is 6.92 Å². The third kappa shape index (κ3) is 2.60. The Balaban J connectivity index is 3.54. The molecule has 0 saturated heterocycles. The van der Waals surface area contributed by atoms with E-state index in [2.05, 4.69) is 0 Å². The van der Waals surface area contributed by atoms with E-state index in [0.717, 1.165) is 0 Å². The monoisotopic (exact) mass is 103 g/mol. The summed E-state index contributed by atoms with van der Waals surface area (Å²) in [6.07, 6.45) is 0.431. The van der Waals surface area contributed by atoms with E-state index in [-0.39, 0.29) is 0 Å². The standard InChI is InChI=1S/C5H13NO/c1-5(7)6(2,3)4/h7H,1-4H3/q+1. The molecule has 0 atom stereocenters. The van der Waals surface area contributed by atoms with Gasteiger partial charge >= 0.3 is 0 Å². The minimum atomic E-state index is 0.431. The predicted molar refractivity (Wildman–Crippen MR) is 28.9 cm³/mol. The van der Waals surface area contributed by atoms with Crippen molar-refractivity contribution in [2.75, 3.05) is 21.1 Å². The molecule has 0 amide bonds. The van der Waals surface area contributed by atoms with Crippen molar-refractivity contribution < 1.29 is 9.59 Å². The van der Waals surface area contributed by atoms with Crippen LogP contribution in [0.1, 0.15) is 6.92 Å². The Kier molecular flexibility index (Phi) is 1.78. The number of rotatable bonds is 1. The van der Waals surface area contributed by atoms with Crippen LogP contribution in [0.2, 0.25) is 0 Å². The van der Waals surface area contributed by atoms with E-state index in [4.69, 9.17) is 5.11 Å². The number of aliphatic hydroxyl groups is 1. The Morgan fingerprint density at radius 1 is 1.29 bits per heavy atom. The molecule has 0 aliphatic rings. The van der Waals surface area contributed by atoms with Crippen LogP contribution in [0.3, 0.4) is 0 Å². The lowest BCUT2D eigenvalue weighted by Gasteiger charge is -2.24. The molecule has 0 heterocycles. The highest BCUT2D eigenvalue weighted by molar-refractivity contribution is 4.45. The molecule has 43 valence electrons. The molecule has 0 fully saturated rings. The second-order valence-electron chi connectivity index (χ2n) is 2.56. The largest absolute Gasteiger partial charge is 0.336 e. The minimum absolute atomic E-state index is 0.431. The average molecular weight is 103 g/mol. The highest BCUT2D eigenvalue weighted by Gasteiger charge is 2.15. The van der Waals surface area contributed by atoms with E-state index in [1.807, 2.05) is 21.1 Å². The molecule has 0 aromatic heterocycles. The zero-order chi connectivity index (χ0) is 6.08. The van der Waals surface area contributed by atoms with Gasteiger partial charge in [0.05, 0.1) is 21.1 Å². The molecule has 0 rings (SSSR count). The van der Waals surface area contributed by atoms with Crippen LogP contribution in [-0.4, -0.2) is 30.7 Å². The van der Waals surface area contributed by atoms with Gasteiger partial charge in [-0.05, 0) is 0 Å². The lowest BCUT2D eigenvalue weighted by molar-refractivity contribution is -0.875. The maximum Gasteiger partial charge on any atom is 0.280 e. The van der Waals surface area contributed by atoms with Gasteiger partial charge in [0.1, 0.15) is 0 Å². The van der Waals surface area contributed by atoms with Crippen LogP contribution >= 0.6 is 0 Å². The fourth-order valence-corrected chi connectivity index (χ4v) is 0. The van der Waals surface area contributed by atoms with E-state index in [9.17, 15) is 0 Å². The highest BCUT2D eigenvalue weighted by Crippen LogP contribution is 2.03. The van der Waals surface area contributed by atoms with Crippen molar-refractivity contribution in [1.82, 2.24) is 0 Å². The molecule has 7 heavy (non-hydrogen) atoms. The van der Waals surface area contributed by atoms with Gasteiger partial charge in [0.15, 0.2) is 0 Å². The molecule has 0 saturated carbocycles. The SMILES string of the molecule is C[C](O)[N+](C)(C)C. The minimum Gasteiger partial charge on any atom is -0.336 e. The lowest BCUT2D eigenvalue weighted by atomic mass is 10.5. The molecule has 0 unspecified atom stereocenters. The van der Waals surface area contributed by atoms with Crippen molar-refractivity contribution in [3.63, 3.8) is 0 Å². The van der Waals surface area contributed by atoms with E-state index >= 15 is 0 Å². The van der Waals surface area contributed by atoms with Gasteiger partial charge in [0.2, 0.25) is 0 Å². The molecule has 1 radical (unpaired) electrons. The van der Waals surface area contributed by atoms with Gasteiger partial charge < -0.3 is 5.11 Å². The number of hydrogen-bond donors (Lipinski definition) is 1. The number of quaternary nitrogens is 1. The summed E-state index contributed by atoms with van der Waals surface area (Å²) < 4.78 is 0.528. The van der Waals surface area contributed by atoms with Gasteiger partial charge in [-0.15, -0.1) is 0 Å². The first kappa shape index (κ1) is 6.92. The summed E-state index contributed by atoms with van der Waals surface area (Å²) in [6.45, 7) is 1.69. The zero-order valence-electron chi connectivity index (χ0n) is 5.39. The number of hydrogen-bond acceptors (Lipinski definition) is 1. The summed E-state index contributed by atoms with van der Waals surface area (Å²) in [4.78, 5) is 0. The lowest BCUT2D eigenvalue weighted by Crippen LogP contribution is -2.36. The first-order valence-electron chi connectivity index (χ1n) is 2.29. The molecule has 0 aromatic rings. The Morgan fingerprint density at radius 3 is 1.43 bits per heavy atom. The molecule has 0 aliphatic carbocycles. The molecule has 0 aromatic carbocycles. The van der Waals surface area contributed by atoms with Crippen molar-refractivity contribution in [2.24, 2.45) is 0 Å². The first-order valence-corrected chi connectivity index (χ1v) is 2.29. The van der Waals surface area contributed by atoms with Crippen LogP contribution in [-0.2, 0) is 0 Å². The topological polar surface area (TPSA) is 20.2 Å². The predicted octanol–water partition coefficient (Wildman–Crippen LogP) is 0.574. The van der Waals surface area contributed by atoms with Crippen molar-refractivity contribution in [3.8, 4) is 0 Å². The average Bonchev–Trinajstić information content (AvgIpc) is 1.31. The van der Waals surface area contributed by atoms with Crippen LogP contribution < -0.4 is 0 Å². The molecule has 0 spiro atoms. The van der Waals surface area contributed by atoms with Gasteiger partial charge in [-0.3, -0.25) is 4.48 Å². The molecule has 2 heteroatoms. The van der Waals surface area contributed by atoms with E-state index in [1.54, 1.807) is 6.92 Å². The number of nitrogens with zero attached hydrogens (tertiary/aromatic N) is 1. The van der Waals surface area contributed by atoms with E-state index in [0.29, 0.717) is 10.7 Å². The van der Waals surface area contributed by atoms with Crippen LogP contribution in [0.25, 0.3) is 0 Å². The summed E-state index contributed by atoms with van der Waals surface area (Å²) in [6, 6.07) is 0. The maximum absolute atomic E-state index is 8.78. The third-order valence-electron chi connectivity index (χ3n) is 0.971. The van der Waals surface area contributed by atoms with Crippen LogP contribution in [0.5, 0.6) is 0 Å². The second kappa shape index (κ2) is 1.80. The maximum atomic E-state index is 8.78. The molecule has 0 aliphatic heterocycles. The van der Waals surface area contributed by atoms with Crippen LogP contribution in [0, 0.1) is 6.23 Å². The van der Waals surface area contributed by atoms with Crippen LogP contribution in [0.4, 0.5) is 0 Å². The molecular formula is C5H13NO+. The summed E-state index contributed by atoms with van der Waals surface area (Å²) in [5.41, 5.74) is 0. The first-order chi connectivity index (χ1) is 2.94. The molecular weight excluding hydrogens is 90.1 g/mol. The Bertz CT molecular complexity index is 53.6. The fourth-order valence-electron chi connectivity index (χ4n) is 0. The summed E-state index contributed by atoms with van der Waals surface area (Å²) in [5.74, 6) is 0. The Hall–Kier alpha value is -0.0800. The smallest absolute Gasteiger partial charge is 0.280 e. The highest BCUT2D eigenvalue weighted by atomic mass is 16.3. The van der Waals surface area contributed by atoms with E-state index < -0.39 is 0 Å². The molecule has 0 bridgehead atoms. The fraction of sp³-hybridized carbons (Fsp3) is 0.800. The third-order valence-corrected chi connectivity index (χ3v) is 0.971. The summed E-state index contributed by atoms with van der Waals surface area (Å²) in [7, 11) is 5.74. The number of aliphatic hydroxyl groups excluding tert-OH is 1. The van der Waals surface area contributed by atoms with Gasteiger partial charge in [-0.1, -0.05) is 0 Å². The van der Waals surface area contributed by atoms with Gasteiger partial charge in [-0.2, -0.15) is 0 Å². The van der Waals surface area contributed by atoms with Crippen molar-refractivity contribution >= 4 is 0 Å². The summed E-state index contributed by atoms with van der Waals surface area (Å²) in [5, 5.41) is 8.78. The van der Waals surface area contributed by atoms with Gasteiger partial charge in [-0.25, -0.2) is 0 Å². The Morgan fingerprint density at radius 2 is 1.43 bits per heavy atom. The molecule has 1 N–H and O–H groups in total. The van der Waals surface area contributed by atoms with Crippen LogP contribution in [0.15, 0.2) is 0 Å². The Labute approximate surface area is 45.0 Å². The van der Waals surface area contributed by atoms with E-state index in [1.165, 1.54) is 0 Å². The second-order valence-corrected chi connectivity index (χ2v) is 2.56. The van der Waals surface area contributed by atoms with Crippen molar-refractivity contribution in [3.05, 3.63) is 6.23 Å². The van der Waals surface area contributed by atoms with Crippen molar-refractivity contribution in [1.29, 1.82) is 0 Å². The summed E-state index contributed by atoms with van der Waals surface area (Å²) >= 11 is 0. The van der Waals surface area contributed by atoms with Gasteiger partial charge in [0.25, 0.3) is 6.23 Å². The van der Waals surface area contributed by atoms with Gasteiger partial charge in [0, 0.05) is 6.92 Å².